The summed E-state index contributed by atoms with van der Waals surface area (Å²) in [7, 11) is -2.73. The lowest BCUT2D eigenvalue weighted by Crippen LogP contribution is -2.24. The first-order valence-electron chi connectivity index (χ1n) is 9.30. The Hall–Kier alpha value is -3.37. The van der Waals surface area contributed by atoms with Crippen molar-refractivity contribution < 1.29 is 31.1 Å². The molecular weight excluding hydrogens is 445 g/mol. The van der Waals surface area contributed by atoms with Crippen molar-refractivity contribution in [3.05, 3.63) is 89.5 Å². The number of benzene rings is 3. The van der Waals surface area contributed by atoms with E-state index in [1.54, 1.807) is 30.3 Å². The van der Waals surface area contributed by atoms with Crippen LogP contribution in [0.25, 0.3) is 0 Å². The lowest BCUT2D eigenvalue weighted by Gasteiger charge is -2.13. The molecule has 0 aliphatic heterocycles. The molecule has 3 rings (SSSR count). The molecule has 0 atom stereocenters. The number of alkyl halides is 3. The van der Waals surface area contributed by atoms with Crippen LogP contribution in [0.5, 0.6) is 5.75 Å². The fourth-order valence-electron chi connectivity index (χ4n) is 2.83. The van der Waals surface area contributed by atoms with Crippen molar-refractivity contribution in [2.24, 2.45) is 0 Å². The molecule has 32 heavy (non-hydrogen) atoms. The van der Waals surface area contributed by atoms with Gasteiger partial charge in [-0.3, -0.25) is 4.79 Å². The average molecular weight is 464 g/mol. The Kier molecular flexibility index (Phi) is 6.85. The van der Waals surface area contributed by atoms with Crippen molar-refractivity contribution in [1.29, 1.82) is 0 Å². The quantitative estimate of drug-likeness (QED) is 0.541. The molecule has 10 heteroatoms. The van der Waals surface area contributed by atoms with Gasteiger partial charge in [-0.25, -0.2) is 13.1 Å². The van der Waals surface area contributed by atoms with E-state index in [1.165, 1.54) is 19.2 Å². The highest BCUT2D eigenvalue weighted by atomic mass is 32.2. The summed E-state index contributed by atoms with van der Waals surface area (Å²) in [5.74, 6) is -0.649. The van der Waals surface area contributed by atoms with Crippen LogP contribution in [0.3, 0.4) is 0 Å². The molecule has 0 aliphatic rings. The van der Waals surface area contributed by atoms with Gasteiger partial charge in [0.2, 0.25) is 10.0 Å². The van der Waals surface area contributed by atoms with Crippen LogP contribution >= 0.6 is 0 Å². The summed E-state index contributed by atoms with van der Waals surface area (Å²) in [6.07, 6.45) is -4.49. The molecule has 0 saturated carbocycles. The van der Waals surface area contributed by atoms with Crippen LogP contribution in [0.2, 0.25) is 0 Å². The first kappa shape index (κ1) is 23.3. The SMILES string of the molecule is COc1ccc(C(=O)Nc2ccc(C(F)(F)F)cc2)cc1S(=O)(=O)NCc1ccccc1. The minimum Gasteiger partial charge on any atom is -0.495 e. The van der Waals surface area contributed by atoms with Gasteiger partial charge in [-0.05, 0) is 48.0 Å². The van der Waals surface area contributed by atoms with Crippen molar-refractivity contribution >= 4 is 21.6 Å². The number of sulfonamides is 1. The predicted octanol–water partition coefficient (Wildman–Crippen LogP) is 4.44. The monoisotopic (exact) mass is 464 g/mol. The number of rotatable bonds is 7. The first-order valence-corrected chi connectivity index (χ1v) is 10.8. The van der Waals surface area contributed by atoms with Gasteiger partial charge in [0.1, 0.15) is 10.6 Å². The van der Waals surface area contributed by atoms with Gasteiger partial charge in [0, 0.05) is 17.8 Å². The van der Waals surface area contributed by atoms with Gasteiger partial charge < -0.3 is 10.1 Å². The summed E-state index contributed by atoms with van der Waals surface area (Å²) in [4.78, 5) is 12.3. The van der Waals surface area contributed by atoms with E-state index < -0.39 is 27.7 Å². The number of methoxy groups -OCH3 is 1. The molecule has 2 N–H and O–H groups in total. The molecule has 0 aliphatic carbocycles. The molecule has 168 valence electrons. The van der Waals surface area contributed by atoms with E-state index in [0.29, 0.717) is 0 Å². The number of hydrogen-bond acceptors (Lipinski definition) is 4. The second-order valence-corrected chi connectivity index (χ2v) is 8.44. The zero-order valence-corrected chi connectivity index (χ0v) is 17.6. The molecule has 0 saturated heterocycles. The van der Waals surface area contributed by atoms with Crippen molar-refractivity contribution in [2.45, 2.75) is 17.6 Å². The molecule has 0 spiro atoms. The Morgan fingerprint density at radius 1 is 0.969 bits per heavy atom. The topological polar surface area (TPSA) is 84.5 Å². The Morgan fingerprint density at radius 2 is 1.62 bits per heavy atom. The van der Waals surface area contributed by atoms with Gasteiger partial charge in [0.25, 0.3) is 5.91 Å². The van der Waals surface area contributed by atoms with Gasteiger partial charge >= 0.3 is 6.18 Å². The summed E-state index contributed by atoms with van der Waals surface area (Å²) in [5, 5.41) is 2.45. The van der Waals surface area contributed by atoms with Gasteiger partial charge in [0.05, 0.1) is 12.7 Å². The Bertz CT molecular complexity index is 1200. The summed E-state index contributed by atoms with van der Waals surface area (Å²) in [6, 6.07) is 16.6. The van der Waals surface area contributed by atoms with E-state index in [-0.39, 0.29) is 28.4 Å². The number of halogens is 3. The Labute approximate surface area is 183 Å². The minimum atomic E-state index is -4.49. The molecular formula is C22H19F3N2O4S. The fraction of sp³-hybridized carbons (Fsp3) is 0.136. The average Bonchev–Trinajstić information content (AvgIpc) is 2.78. The molecule has 3 aromatic carbocycles. The lowest BCUT2D eigenvalue weighted by molar-refractivity contribution is -0.137. The van der Waals surface area contributed by atoms with Crippen molar-refractivity contribution in [3.63, 3.8) is 0 Å². The molecule has 0 aromatic heterocycles. The molecule has 3 aromatic rings. The van der Waals surface area contributed by atoms with Crippen LogP contribution in [0, 0.1) is 0 Å². The summed E-state index contributed by atoms with van der Waals surface area (Å²) in [6.45, 7) is 0.0360. The Balaban J connectivity index is 1.81. The van der Waals surface area contributed by atoms with E-state index in [9.17, 15) is 26.4 Å². The molecule has 0 fully saturated rings. The summed E-state index contributed by atoms with van der Waals surface area (Å²) in [5.41, 5.74) is 0.0141. The zero-order valence-electron chi connectivity index (χ0n) is 16.8. The van der Waals surface area contributed by atoms with Crippen molar-refractivity contribution in [3.8, 4) is 5.75 Å². The highest BCUT2D eigenvalue weighted by molar-refractivity contribution is 7.89. The van der Waals surface area contributed by atoms with E-state index in [1.807, 2.05) is 0 Å². The smallest absolute Gasteiger partial charge is 0.416 e. The maximum Gasteiger partial charge on any atom is 0.416 e. The number of anilines is 1. The number of ether oxygens (including phenoxy) is 1. The number of carbonyl (C=O) groups excluding carboxylic acids is 1. The second-order valence-electron chi connectivity index (χ2n) is 6.71. The summed E-state index contributed by atoms with van der Waals surface area (Å²) < 4.78 is 71.3. The van der Waals surface area contributed by atoms with Crippen LogP contribution in [0.15, 0.2) is 77.7 Å². The van der Waals surface area contributed by atoms with Crippen LogP contribution in [-0.2, 0) is 22.7 Å². The van der Waals surface area contributed by atoms with E-state index >= 15 is 0 Å². The third-order valence-electron chi connectivity index (χ3n) is 4.49. The first-order chi connectivity index (χ1) is 15.1. The number of carbonyl (C=O) groups is 1. The normalized spacial score (nSPS) is 11.8. The van der Waals surface area contributed by atoms with Crippen molar-refractivity contribution in [1.82, 2.24) is 4.72 Å². The van der Waals surface area contributed by atoms with E-state index in [0.717, 1.165) is 35.9 Å². The van der Waals surface area contributed by atoms with Crippen LogP contribution in [0.4, 0.5) is 18.9 Å². The number of hydrogen-bond donors (Lipinski definition) is 2. The van der Waals surface area contributed by atoms with Crippen LogP contribution in [-0.4, -0.2) is 21.4 Å². The maximum absolute atomic E-state index is 12.8. The highest BCUT2D eigenvalue weighted by Gasteiger charge is 2.30. The van der Waals surface area contributed by atoms with Gasteiger partial charge in [-0.1, -0.05) is 30.3 Å². The minimum absolute atomic E-state index is 0.00853. The van der Waals surface area contributed by atoms with Crippen molar-refractivity contribution in [2.75, 3.05) is 12.4 Å². The van der Waals surface area contributed by atoms with Gasteiger partial charge in [-0.2, -0.15) is 13.2 Å². The third kappa shape index (κ3) is 5.65. The predicted molar refractivity (Wildman–Crippen MR) is 113 cm³/mol. The maximum atomic E-state index is 12.8. The van der Waals surface area contributed by atoms with E-state index in [4.69, 9.17) is 4.74 Å². The molecule has 0 radical (unpaired) electrons. The molecule has 6 nitrogen and oxygen atoms in total. The van der Waals surface area contributed by atoms with Crippen LogP contribution < -0.4 is 14.8 Å². The largest absolute Gasteiger partial charge is 0.495 e. The Morgan fingerprint density at radius 3 is 2.22 bits per heavy atom. The van der Waals surface area contributed by atoms with Gasteiger partial charge in [-0.15, -0.1) is 0 Å². The van der Waals surface area contributed by atoms with Crippen LogP contribution in [0.1, 0.15) is 21.5 Å². The third-order valence-corrected chi connectivity index (χ3v) is 5.92. The zero-order chi connectivity index (χ0) is 23.4. The molecule has 0 bridgehead atoms. The second kappa shape index (κ2) is 9.41. The number of nitrogens with one attached hydrogen (secondary N) is 2. The molecule has 0 unspecified atom stereocenters. The highest BCUT2D eigenvalue weighted by Crippen LogP contribution is 2.30. The molecule has 0 heterocycles. The van der Waals surface area contributed by atoms with E-state index in [2.05, 4.69) is 10.0 Å². The fourth-order valence-corrected chi connectivity index (χ4v) is 4.04. The summed E-state index contributed by atoms with van der Waals surface area (Å²) >= 11 is 0. The number of amides is 1. The standard InChI is InChI=1S/C22H19F3N2O4S/c1-31-19-12-7-16(21(28)27-18-10-8-17(9-11-18)22(23,24)25)13-20(19)32(29,30)26-14-15-5-3-2-4-6-15/h2-13,26H,14H2,1H3,(H,27,28). The lowest BCUT2D eigenvalue weighted by atomic mass is 10.1. The van der Waals surface area contributed by atoms with Gasteiger partial charge in [0.15, 0.2) is 0 Å². The molecule has 1 amide bonds.